The molecule has 0 spiro atoms. The number of aromatic nitrogens is 4. The zero-order chi connectivity index (χ0) is 21.2. The molecule has 29 heavy (non-hydrogen) atoms. The number of pyridine rings is 2. The van der Waals surface area contributed by atoms with Gasteiger partial charge in [0, 0.05) is 18.6 Å². The van der Waals surface area contributed by atoms with Gasteiger partial charge in [0.05, 0.1) is 28.1 Å². The van der Waals surface area contributed by atoms with E-state index in [9.17, 15) is 21.6 Å². The van der Waals surface area contributed by atoms with Crippen molar-refractivity contribution in [3.63, 3.8) is 0 Å². The normalized spacial score (nSPS) is 12.0. The van der Waals surface area contributed by atoms with Gasteiger partial charge in [0.2, 0.25) is 0 Å². The fourth-order valence-corrected chi connectivity index (χ4v) is 3.48. The summed E-state index contributed by atoms with van der Waals surface area (Å²) in [5.41, 5.74) is -0.830. The van der Waals surface area contributed by atoms with Crippen LogP contribution in [0.4, 0.5) is 19.0 Å². The van der Waals surface area contributed by atoms with Crippen molar-refractivity contribution in [2.24, 2.45) is 0 Å². The van der Waals surface area contributed by atoms with Crippen LogP contribution >= 0.6 is 0 Å². The fraction of sp³-hybridized carbons (Fsp3) is 0.176. The molecular weight excluding hydrogens is 409 g/mol. The van der Waals surface area contributed by atoms with Crippen LogP contribution in [0.15, 0.2) is 53.9 Å². The molecular formula is C17H15F3N6O2S. The van der Waals surface area contributed by atoms with E-state index in [1.54, 1.807) is 12.3 Å². The van der Waals surface area contributed by atoms with Crippen LogP contribution in [0.25, 0.3) is 5.69 Å². The predicted molar refractivity (Wildman–Crippen MR) is 98.8 cm³/mol. The molecule has 8 nitrogen and oxygen atoms in total. The van der Waals surface area contributed by atoms with E-state index in [1.165, 1.54) is 30.1 Å². The van der Waals surface area contributed by atoms with Crippen LogP contribution in [0, 0.1) is 5.41 Å². The van der Waals surface area contributed by atoms with Gasteiger partial charge < -0.3 is 5.32 Å². The summed E-state index contributed by atoms with van der Waals surface area (Å²) in [4.78, 5) is 7.55. The molecule has 0 saturated heterocycles. The minimum atomic E-state index is -4.58. The second kappa shape index (κ2) is 7.62. The fourth-order valence-electron chi connectivity index (χ4n) is 2.42. The molecule has 0 aliphatic rings. The molecule has 3 rings (SSSR count). The molecule has 3 heterocycles. The van der Waals surface area contributed by atoms with Crippen LogP contribution in [-0.4, -0.2) is 39.8 Å². The highest BCUT2D eigenvalue weighted by atomic mass is 32.2. The highest BCUT2D eigenvalue weighted by molar-refractivity contribution is 7.91. The molecule has 0 unspecified atom stereocenters. The van der Waals surface area contributed by atoms with Gasteiger partial charge in [0.15, 0.2) is 15.7 Å². The first-order valence-corrected chi connectivity index (χ1v) is 9.89. The summed E-state index contributed by atoms with van der Waals surface area (Å²) >= 11 is 0. The highest BCUT2D eigenvalue weighted by Crippen LogP contribution is 2.30. The minimum Gasteiger partial charge on any atom is -0.324 e. The average Bonchev–Trinajstić information content (AvgIpc) is 3.22. The molecule has 0 aromatic carbocycles. The van der Waals surface area contributed by atoms with Crippen molar-refractivity contribution < 1.29 is 21.6 Å². The monoisotopic (exact) mass is 424 g/mol. The molecule has 0 fully saturated rings. The van der Waals surface area contributed by atoms with E-state index in [0.717, 1.165) is 18.3 Å². The largest absolute Gasteiger partial charge is 0.416 e. The molecule has 0 aliphatic carbocycles. The second-order valence-electron chi connectivity index (χ2n) is 5.82. The number of hydrogen-bond donors (Lipinski definition) is 2. The molecule has 12 heteroatoms. The summed E-state index contributed by atoms with van der Waals surface area (Å²) in [6, 6.07) is 4.47. The highest BCUT2D eigenvalue weighted by Gasteiger charge is 2.31. The van der Waals surface area contributed by atoms with Crippen LogP contribution in [0.2, 0.25) is 0 Å². The molecule has 3 aromatic rings. The third-order valence-corrected chi connectivity index (χ3v) is 5.64. The Morgan fingerprint density at radius 3 is 2.62 bits per heavy atom. The number of sulfone groups is 1. The Morgan fingerprint density at radius 2 is 2.00 bits per heavy atom. The van der Waals surface area contributed by atoms with Crippen molar-refractivity contribution >= 4 is 21.5 Å². The maximum absolute atomic E-state index is 12.9. The van der Waals surface area contributed by atoms with Gasteiger partial charge in [-0.05, 0) is 24.3 Å². The van der Waals surface area contributed by atoms with Crippen molar-refractivity contribution in [3.05, 3.63) is 60.3 Å². The average molecular weight is 424 g/mol. The van der Waals surface area contributed by atoms with Gasteiger partial charge >= 0.3 is 6.18 Å². The molecule has 0 saturated carbocycles. The van der Waals surface area contributed by atoms with Gasteiger partial charge in [0.25, 0.3) is 0 Å². The van der Waals surface area contributed by atoms with Crippen molar-refractivity contribution in [3.8, 4) is 5.69 Å². The van der Waals surface area contributed by atoms with Crippen molar-refractivity contribution in [2.75, 3.05) is 11.1 Å². The first-order valence-electron chi connectivity index (χ1n) is 8.24. The summed E-state index contributed by atoms with van der Waals surface area (Å²) in [6.07, 6.45) is 0.769. The number of nitrogens with zero attached hydrogens (tertiary/aromatic N) is 4. The summed E-state index contributed by atoms with van der Waals surface area (Å²) in [7, 11) is -3.80. The van der Waals surface area contributed by atoms with Crippen LogP contribution in [0.3, 0.4) is 0 Å². The Balaban J connectivity index is 2.00. The lowest BCUT2D eigenvalue weighted by molar-refractivity contribution is -0.137. The number of halogens is 3. The number of amidine groups is 1. The molecule has 0 atom stereocenters. The summed E-state index contributed by atoms with van der Waals surface area (Å²) in [6.45, 7) is 1.44. The van der Waals surface area contributed by atoms with Gasteiger partial charge in [-0.15, -0.1) is 0 Å². The minimum absolute atomic E-state index is 0.234. The lowest BCUT2D eigenvalue weighted by Gasteiger charge is -2.14. The Bertz CT molecular complexity index is 1140. The third kappa shape index (κ3) is 4.42. The van der Waals surface area contributed by atoms with Crippen LogP contribution in [0.1, 0.15) is 18.2 Å². The van der Waals surface area contributed by atoms with Crippen molar-refractivity contribution in [1.29, 1.82) is 5.41 Å². The summed E-state index contributed by atoms with van der Waals surface area (Å²) in [5, 5.41) is 14.5. The third-order valence-electron chi connectivity index (χ3n) is 3.90. The van der Waals surface area contributed by atoms with Gasteiger partial charge in [-0.3, -0.25) is 5.41 Å². The standard InChI is InChI=1S/C17H15F3N6O2S/c1-2-29(27,28)13-9-12(26-7-3-5-24-26)10-23-15(13)16(21)25-14-8-11(4-6-22-14)17(18,19)20/h3-10H,2H2,1H3,(H2,21,22,25). The van der Waals surface area contributed by atoms with E-state index in [-0.39, 0.29) is 22.2 Å². The molecule has 0 bridgehead atoms. The number of alkyl halides is 3. The van der Waals surface area contributed by atoms with Gasteiger partial charge in [-0.25, -0.2) is 23.1 Å². The Hall–Kier alpha value is -3.28. The SMILES string of the molecule is CCS(=O)(=O)c1cc(-n2cccn2)cnc1C(=N)Nc1cc(C(F)(F)F)ccn1. The Morgan fingerprint density at radius 1 is 1.24 bits per heavy atom. The lowest BCUT2D eigenvalue weighted by atomic mass is 10.2. The molecule has 0 radical (unpaired) electrons. The zero-order valence-electron chi connectivity index (χ0n) is 15.0. The van der Waals surface area contributed by atoms with Crippen LogP contribution < -0.4 is 5.32 Å². The van der Waals surface area contributed by atoms with E-state index in [0.29, 0.717) is 5.69 Å². The predicted octanol–water partition coefficient (Wildman–Crippen LogP) is 2.91. The summed E-state index contributed by atoms with van der Waals surface area (Å²) in [5.74, 6) is -1.02. The first-order chi connectivity index (χ1) is 13.6. The number of rotatable bonds is 5. The van der Waals surface area contributed by atoms with E-state index >= 15 is 0 Å². The quantitative estimate of drug-likeness (QED) is 0.481. The van der Waals surface area contributed by atoms with Crippen molar-refractivity contribution in [2.45, 2.75) is 18.0 Å². The first kappa shape index (κ1) is 20.5. The van der Waals surface area contributed by atoms with Gasteiger partial charge in [0.1, 0.15) is 11.5 Å². The van der Waals surface area contributed by atoms with E-state index < -0.39 is 27.4 Å². The molecule has 0 aliphatic heterocycles. The zero-order valence-corrected chi connectivity index (χ0v) is 15.8. The number of anilines is 1. The maximum Gasteiger partial charge on any atom is 0.416 e. The molecule has 0 amide bonds. The Labute approximate surface area is 163 Å². The molecule has 2 N–H and O–H groups in total. The smallest absolute Gasteiger partial charge is 0.324 e. The summed E-state index contributed by atoms with van der Waals surface area (Å²) < 4.78 is 65.0. The van der Waals surface area contributed by atoms with Gasteiger partial charge in [-0.2, -0.15) is 18.3 Å². The van der Waals surface area contributed by atoms with Crippen LogP contribution in [-0.2, 0) is 16.0 Å². The Kier molecular flexibility index (Phi) is 5.38. The second-order valence-corrected chi connectivity index (χ2v) is 8.07. The molecule has 3 aromatic heterocycles. The molecule has 152 valence electrons. The lowest BCUT2D eigenvalue weighted by Crippen LogP contribution is -2.20. The van der Waals surface area contributed by atoms with Crippen molar-refractivity contribution in [1.82, 2.24) is 19.7 Å². The van der Waals surface area contributed by atoms with E-state index in [4.69, 9.17) is 5.41 Å². The van der Waals surface area contributed by atoms with Crippen LogP contribution in [0.5, 0.6) is 0 Å². The van der Waals surface area contributed by atoms with E-state index in [1.807, 2.05) is 0 Å². The number of nitrogens with one attached hydrogen (secondary N) is 2. The van der Waals surface area contributed by atoms with Gasteiger partial charge in [-0.1, -0.05) is 6.92 Å². The van der Waals surface area contributed by atoms with E-state index in [2.05, 4.69) is 20.4 Å². The topological polar surface area (TPSA) is 114 Å². The number of hydrogen-bond acceptors (Lipinski definition) is 6. The maximum atomic E-state index is 12.9.